The Labute approximate surface area is 136 Å². The van der Waals surface area contributed by atoms with Gasteiger partial charge in [0.2, 0.25) is 0 Å². The molecule has 8 heteroatoms. The molecule has 0 radical (unpaired) electrons. The number of hydrogen-bond donors (Lipinski definition) is 1. The van der Waals surface area contributed by atoms with Gasteiger partial charge in [-0.15, -0.1) is 0 Å². The smallest absolute Gasteiger partial charge is 0.137 e. The monoisotopic (exact) mass is 331 g/mol. The van der Waals surface area contributed by atoms with E-state index in [2.05, 4.69) is 20.1 Å². The van der Waals surface area contributed by atoms with Crippen molar-refractivity contribution in [1.29, 1.82) is 0 Å². The van der Waals surface area contributed by atoms with Crippen LogP contribution in [0, 0.1) is 11.6 Å². The maximum Gasteiger partial charge on any atom is 0.137 e. The van der Waals surface area contributed by atoms with E-state index >= 15 is 0 Å². The highest BCUT2D eigenvalue weighted by atomic mass is 19.1. The van der Waals surface area contributed by atoms with Crippen molar-refractivity contribution >= 4 is 0 Å². The second-order valence-corrected chi connectivity index (χ2v) is 5.50. The zero-order valence-corrected chi connectivity index (χ0v) is 12.8. The van der Waals surface area contributed by atoms with Crippen molar-refractivity contribution in [3.63, 3.8) is 0 Å². The summed E-state index contributed by atoms with van der Waals surface area (Å²) in [6.07, 6.45) is 5.62. The fourth-order valence-corrected chi connectivity index (χ4v) is 2.66. The van der Waals surface area contributed by atoms with Crippen LogP contribution in [0.2, 0.25) is 0 Å². The molecule has 124 valence electrons. The minimum absolute atomic E-state index is 0.0366. The first kappa shape index (κ1) is 16.1. The summed E-state index contributed by atoms with van der Waals surface area (Å²) in [6, 6.07) is 4.73. The summed E-state index contributed by atoms with van der Waals surface area (Å²) in [5, 5.41) is 15.3. The van der Waals surface area contributed by atoms with Crippen molar-refractivity contribution in [1.82, 2.24) is 24.7 Å². The molecule has 6 nitrogen and oxygen atoms in total. The minimum Gasteiger partial charge on any atom is -0.382 e. The van der Waals surface area contributed by atoms with Gasteiger partial charge in [-0.3, -0.25) is 0 Å². The van der Waals surface area contributed by atoms with Crippen LogP contribution in [-0.4, -0.2) is 29.8 Å². The van der Waals surface area contributed by atoms with Crippen LogP contribution in [0.4, 0.5) is 8.78 Å². The molecule has 2 atom stereocenters. The first-order valence-electron chi connectivity index (χ1n) is 7.27. The van der Waals surface area contributed by atoms with Crippen LogP contribution in [0.25, 0.3) is 0 Å². The van der Waals surface area contributed by atoms with Crippen molar-refractivity contribution in [2.45, 2.75) is 25.0 Å². The fourth-order valence-electron chi connectivity index (χ4n) is 2.66. The average molecular weight is 331 g/mol. The molecular formula is C16H15F2N5O. The molecular weight excluding hydrogens is 316 g/mol. The van der Waals surface area contributed by atoms with Gasteiger partial charge in [0.25, 0.3) is 0 Å². The van der Waals surface area contributed by atoms with Crippen molar-refractivity contribution in [3.8, 4) is 0 Å². The van der Waals surface area contributed by atoms with Gasteiger partial charge < -0.3 is 5.11 Å². The first-order chi connectivity index (χ1) is 11.5. The van der Waals surface area contributed by atoms with E-state index in [9.17, 15) is 13.9 Å². The SMILES string of the molecule is CC(c1ccncn1)[C@](O)(Cn1cncn1)c1ccc(F)cc1F. The zero-order valence-electron chi connectivity index (χ0n) is 12.8. The molecule has 0 amide bonds. The topological polar surface area (TPSA) is 76.7 Å². The second kappa shape index (κ2) is 6.40. The summed E-state index contributed by atoms with van der Waals surface area (Å²) in [6.45, 7) is 1.64. The maximum absolute atomic E-state index is 14.4. The molecule has 0 bridgehead atoms. The molecule has 0 fully saturated rings. The summed E-state index contributed by atoms with van der Waals surface area (Å²) in [5.41, 5.74) is -1.22. The Balaban J connectivity index is 2.09. The Hall–Kier alpha value is -2.74. The Morgan fingerprint density at radius 3 is 2.67 bits per heavy atom. The Kier molecular flexibility index (Phi) is 4.30. The lowest BCUT2D eigenvalue weighted by Crippen LogP contribution is -2.38. The molecule has 24 heavy (non-hydrogen) atoms. The standard InChI is InChI=1S/C16H15F2N5O/c1-11(15-4-5-19-8-21-15)16(24,7-23-10-20-9-22-23)13-3-2-12(17)6-14(13)18/h2-6,8-11,24H,7H2,1H3/t11?,16-/m1/s1. The van der Waals surface area contributed by atoms with E-state index in [0.29, 0.717) is 5.69 Å². The van der Waals surface area contributed by atoms with Crippen LogP contribution in [0.3, 0.4) is 0 Å². The molecule has 2 heterocycles. The molecule has 1 N–H and O–H groups in total. The summed E-state index contributed by atoms with van der Waals surface area (Å²) in [5.74, 6) is -2.16. The Morgan fingerprint density at radius 1 is 1.21 bits per heavy atom. The normalized spacial score (nSPS) is 15.0. The maximum atomic E-state index is 14.4. The lowest BCUT2D eigenvalue weighted by molar-refractivity contribution is -0.0123. The average Bonchev–Trinajstić information content (AvgIpc) is 3.07. The Bertz CT molecular complexity index is 813. The molecule has 0 aliphatic rings. The van der Waals surface area contributed by atoms with E-state index in [-0.39, 0.29) is 12.1 Å². The predicted octanol–water partition coefficient (Wildman–Crippen LogP) is 2.04. The molecule has 0 saturated heterocycles. The van der Waals surface area contributed by atoms with Crippen LogP contribution in [0.15, 0.2) is 49.4 Å². The fraction of sp³-hybridized carbons (Fsp3) is 0.250. The van der Waals surface area contributed by atoms with Crippen LogP contribution in [0.1, 0.15) is 24.1 Å². The molecule has 1 unspecified atom stereocenters. The highest BCUT2D eigenvalue weighted by Gasteiger charge is 2.40. The van der Waals surface area contributed by atoms with Gasteiger partial charge in [-0.25, -0.2) is 28.4 Å². The summed E-state index contributed by atoms with van der Waals surface area (Å²) < 4.78 is 29.0. The molecule has 0 aliphatic carbocycles. The first-order valence-corrected chi connectivity index (χ1v) is 7.27. The van der Waals surface area contributed by atoms with Gasteiger partial charge in [-0.2, -0.15) is 5.10 Å². The Morgan fingerprint density at radius 2 is 2.04 bits per heavy atom. The number of hydrogen-bond acceptors (Lipinski definition) is 5. The molecule has 0 aliphatic heterocycles. The van der Waals surface area contributed by atoms with Gasteiger partial charge in [0, 0.05) is 29.4 Å². The van der Waals surface area contributed by atoms with Gasteiger partial charge in [-0.05, 0) is 12.1 Å². The third-order valence-electron chi connectivity index (χ3n) is 4.03. The van der Waals surface area contributed by atoms with Crippen molar-refractivity contribution in [2.24, 2.45) is 0 Å². The number of benzene rings is 1. The third kappa shape index (κ3) is 3.00. The van der Waals surface area contributed by atoms with Gasteiger partial charge >= 0.3 is 0 Å². The highest BCUT2D eigenvalue weighted by Crippen LogP contribution is 2.38. The van der Waals surface area contributed by atoms with Crippen LogP contribution < -0.4 is 0 Å². The van der Waals surface area contributed by atoms with E-state index in [4.69, 9.17) is 0 Å². The molecule has 3 aromatic rings. The van der Waals surface area contributed by atoms with Crippen molar-refractivity contribution < 1.29 is 13.9 Å². The third-order valence-corrected chi connectivity index (χ3v) is 4.03. The highest BCUT2D eigenvalue weighted by molar-refractivity contribution is 5.29. The van der Waals surface area contributed by atoms with E-state index in [1.165, 1.54) is 35.9 Å². The van der Waals surface area contributed by atoms with E-state index in [0.717, 1.165) is 12.1 Å². The number of aromatic nitrogens is 5. The van der Waals surface area contributed by atoms with Gasteiger partial charge in [0.1, 0.15) is 36.2 Å². The lowest BCUT2D eigenvalue weighted by Gasteiger charge is -2.34. The number of nitrogens with zero attached hydrogens (tertiary/aromatic N) is 5. The molecule has 0 saturated carbocycles. The second-order valence-electron chi connectivity index (χ2n) is 5.50. The van der Waals surface area contributed by atoms with Crippen LogP contribution >= 0.6 is 0 Å². The predicted molar refractivity (Wildman–Crippen MR) is 80.7 cm³/mol. The van der Waals surface area contributed by atoms with Crippen LogP contribution in [-0.2, 0) is 12.1 Å². The van der Waals surface area contributed by atoms with Crippen molar-refractivity contribution in [2.75, 3.05) is 0 Å². The van der Waals surface area contributed by atoms with Crippen molar-refractivity contribution in [3.05, 3.63) is 72.3 Å². The summed E-state index contributed by atoms with van der Waals surface area (Å²) in [4.78, 5) is 11.8. The quantitative estimate of drug-likeness (QED) is 0.774. The largest absolute Gasteiger partial charge is 0.382 e. The summed E-state index contributed by atoms with van der Waals surface area (Å²) >= 11 is 0. The molecule has 0 spiro atoms. The van der Waals surface area contributed by atoms with Gasteiger partial charge in [-0.1, -0.05) is 13.0 Å². The van der Waals surface area contributed by atoms with Crippen LogP contribution in [0.5, 0.6) is 0 Å². The molecule has 1 aromatic carbocycles. The molecule has 3 rings (SSSR count). The van der Waals surface area contributed by atoms with E-state index in [1.54, 1.807) is 13.0 Å². The van der Waals surface area contributed by atoms with Gasteiger partial charge in [0.05, 0.1) is 6.54 Å². The summed E-state index contributed by atoms with van der Waals surface area (Å²) in [7, 11) is 0. The number of rotatable bonds is 5. The number of aliphatic hydroxyl groups is 1. The lowest BCUT2D eigenvalue weighted by atomic mass is 9.80. The molecule has 2 aromatic heterocycles. The van der Waals surface area contributed by atoms with E-state index in [1.807, 2.05) is 0 Å². The minimum atomic E-state index is -1.71. The zero-order chi connectivity index (χ0) is 17.2. The van der Waals surface area contributed by atoms with Gasteiger partial charge in [0.15, 0.2) is 0 Å². The van der Waals surface area contributed by atoms with E-state index < -0.39 is 23.2 Å². The number of halogens is 2.